The highest BCUT2D eigenvalue weighted by molar-refractivity contribution is 6.10. The van der Waals surface area contributed by atoms with Crippen molar-refractivity contribution < 1.29 is 4.74 Å². The standard InChI is InChI=1S/C8H18OSi/c1-2-8(10)9-7-5-3-4-6-7/h7-8H,2-6H2,1,10H3. The van der Waals surface area contributed by atoms with Gasteiger partial charge in [-0.05, 0) is 19.3 Å². The Balaban J connectivity index is 2.11. The Morgan fingerprint density at radius 2 is 2.10 bits per heavy atom. The molecular weight excluding hydrogens is 140 g/mol. The summed E-state index contributed by atoms with van der Waals surface area (Å²) < 4.78 is 5.82. The predicted octanol–water partition coefficient (Wildman–Crippen LogP) is 1.05. The summed E-state index contributed by atoms with van der Waals surface area (Å²) in [6.45, 7) is 2.21. The molecule has 0 aromatic heterocycles. The van der Waals surface area contributed by atoms with Crippen molar-refractivity contribution in [2.24, 2.45) is 0 Å². The first-order chi connectivity index (χ1) is 4.83. The minimum Gasteiger partial charge on any atom is -0.379 e. The molecule has 2 heteroatoms. The lowest BCUT2D eigenvalue weighted by Gasteiger charge is -2.16. The van der Waals surface area contributed by atoms with Crippen LogP contribution in [0.1, 0.15) is 39.0 Å². The average molecular weight is 158 g/mol. The fourth-order valence-electron chi connectivity index (χ4n) is 1.45. The second-order valence-electron chi connectivity index (χ2n) is 3.26. The smallest absolute Gasteiger partial charge is 0.0574 e. The van der Waals surface area contributed by atoms with Gasteiger partial charge in [-0.3, -0.25) is 0 Å². The zero-order valence-electron chi connectivity index (χ0n) is 7.10. The first-order valence-electron chi connectivity index (χ1n) is 4.48. The molecule has 0 amide bonds. The van der Waals surface area contributed by atoms with Crippen LogP contribution >= 0.6 is 0 Å². The minimum atomic E-state index is 0.614. The van der Waals surface area contributed by atoms with E-state index >= 15 is 0 Å². The maximum Gasteiger partial charge on any atom is 0.0574 e. The van der Waals surface area contributed by atoms with Crippen molar-refractivity contribution in [2.45, 2.75) is 50.9 Å². The fraction of sp³-hybridized carbons (Fsp3) is 1.00. The Labute approximate surface area is 66.6 Å². The third-order valence-electron chi connectivity index (χ3n) is 2.30. The molecule has 1 aliphatic carbocycles. The second kappa shape index (κ2) is 4.14. The number of hydrogen-bond donors (Lipinski definition) is 0. The van der Waals surface area contributed by atoms with Crippen LogP contribution in [0.15, 0.2) is 0 Å². The van der Waals surface area contributed by atoms with Crippen molar-refractivity contribution in [1.82, 2.24) is 0 Å². The number of ether oxygens (including phenoxy) is 1. The van der Waals surface area contributed by atoms with Crippen LogP contribution in [-0.4, -0.2) is 22.1 Å². The summed E-state index contributed by atoms with van der Waals surface area (Å²) in [5, 5.41) is 0. The predicted molar refractivity (Wildman–Crippen MR) is 47.4 cm³/mol. The molecule has 1 fully saturated rings. The second-order valence-corrected chi connectivity index (χ2v) is 4.55. The van der Waals surface area contributed by atoms with Crippen LogP contribution in [0.3, 0.4) is 0 Å². The molecule has 1 unspecified atom stereocenters. The molecule has 0 radical (unpaired) electrons. The number of hydrogen-bond acceptors (Lipinski definition) is 1. The molecule has 0 heterocycles. The van der Waals surface area contributed by atoms with Crippen LogP contribution in [0.5, 0.6) is 0 Å². The molecule has 0 saturated heterocycles. The van der Waals surface area contributed by atoms with Crippen molar-refractivity contribution in [3.63, 3.8) is 0 Å². The topological polar surface area (TPSA) is 9.23 Å². The molecule has 0 aromatic rings. The number of rotatable bonds is 3. The third-order valence-corrected chi connectivity index (χ3v) is 3.39. The molecule has 0 bridgehead atoms. The average Bonchev–Trinajstić information content (AvgIpc) is 2.40. The van der Waals surface area contributed by atoms with Crippen molar-refractivity contribution in [2.75, 3.05) is 0 Å². The van der Waals surface area contributed by atoms with Gasteiger partial charge in [0.2, 0.25) is 0 Å². The van der Waals surface area contributed by atoms with E-state index < -0.39 is 0 Å². The van der Waals surface area contributed by atoms with Crippen LogP contribution < -0.4 is 0 Å². The summed E-state index contributed by atoms with van der Waals surface area (Å²) in [4.78, 5) is 0. The van der Waals surface area contributed by atoms with Gasteiger partial charge in [0.15, 0.2) is 0 Å². The summed E-state index contributed by atoms with van der Waals surface area (Å²) in [5.41, 5.74) is 0.614. The third kappa shape index (κ3) is 2.43. The SMILES string of the molecule is CCC([SiH3])OC1CCCC1. The highest BCUT2D eigenvalue weighted by Gasteiger charge is 2.16. The molecule has 1 aliphatic rings. The molecule has 0 aliphatic heterocycles. The van der Waals surface area contributed by atoms with Crippen LogP contribution in [-0.2, 0) is 4.74 Å². The van der Waals surface area contributed by atoms with Gasteiger partial charge < -0.3 is 4.74 Å². The largest absolute Gasteiger partial charge is 0.379 e. The summed E-state index contributed by atoms with van der Waals surface area (Å²) in [7, 11) is 1.20. The van der Waals surface area contributed by atoms with Crippen molar-refractivity contribution in [3.05, 3.63) is 0 Å². The van der Waals surface area contributed by atoms with E-state index in [-0.39, 0.29) is 0 Å². The van der Waals surface area contributed by atoms with Crippen LogP contribution in [0.25, 0.3) is 0 Å². The molecule has 0 spiro atoms. The quantitative estimate of drug-likeness (QED) is 0.558. The van der Waals surface area contributed by atoms with Gasteiger partial charge in [0.05, 0.1) is 6.10 Å². The Kier molecular flexibility index (Phi) is 3.42. The van der Waals surface area contributed by atoms with Crippen LogP contribution in [0, 0.1) is 0 Å². The molecule has 1 atom stereocenters. The van der Waals surface area contributed by atoms with Gasteiger partial charge in [0, 0.05) is 16.0 Å². The first-order valence-corrected chi connectivity index (χ1v) is 5.64. The lowest BCUT2D eigenvalue weighted by Crippen LogP contribution is -2.18. The van der Waals surface area contributed by atoms with E-state index in [4.69, 9.17) is 4.74 Å². The van der Waals surface area contributed by atoms with Crippen molar-refractivity contribution in [3.8, 4) is 0 Å². The summed E-state index contributed by atoms with van der Waals surface area (Å²) in [6.07, 6.45) is 7.26. The molecule has 1 saturated carbocycles. The maximum atomic E-state index is 5.82. The molecule has 60 valence electrons. The molecule has 0 N–H and O–H groups in total. The van der Waals surface area contributed by atoms with Gasteiger partial charge in [-0.1, -0.05) is 19.8 Å². The summed E-state index contributed by atoms with van der Waals surface area (Å²) >= 11 is 0. The van der Waals surface area contributed by atoms with E-state index in [9.17, 15) is 0 Å². The first kappa shape index (κ1) is 8.28. The normalized spacial score (nSPS) is 23.7. The highest BCUT2D eigenvalue weighted by atomic mass is 28.1. The lowest BCUT2D eigenvalue weighted by atomic mass is 10.3. The minimum absolute atomic E-state index is 0.614. The van der Waals surface area contributed by atoms with Crippen molar-refractivity contribution in [1.29, 1.82) is 0 Å². The zero-order valence-corrected chi connectivity index (χ0v) is 9.10. The van der Waals surface area contributed by atoms with E-state index in [0.29, 0.717) is 11.8 Å². The zero-order chi connectivity index (χ0) is 7.40. The fourth-order valence-corrected chi connectivity index (χ4v) is 1.83. The van der Waals surface area contributed by atoms with E-state index in [1.165, 1.54) is 42.3 Å². The van der Waals surface area contributed by atoms with Crippen LogP contribution in [0.4, 0.5) is 0 Å². The monoisotopic (exact) mass is 158 g/mol. The lowest BCUT2D eigenvalue weighted by molar-refractivity contribution is 0.0340. The van der Waals surface area contributed by atoms with Crippen LogP contribution in [0.2, 0.25) is 0 Å². The summed E-state index contributed by atoms with van der Waals surface area (Å²) in [5.74, 6) is 0. The molecular formula is C8H18OSi. The highest BCUT2D eigenvalue weighted by Crippen LogP contribution is 2.21. The van der Waals surface area contributed by atoms with Gasteiger partial charge in [-0.25, -0.2) is 0 Å². The van der Waals surface area contributed by atoms with Gasteiger partial charge in [0.25, 0.3) is 0 Å². The molecule has 1 rings (SSSR count). The van der Waals surface area contributed by atoms with Gasteiger partial charge in [-0.15, -0.1) is 0 Å². The van der Waals surface area contributed by atoms with Gasteiger partial charge in [-0.2, -0.15) is 0 Å². The molecule has 0 aromatic carbocycles. The Morgan fingerprint density at radius 1 is 1.50 bits per heavy atom. The van der Waals surface area contributed by atoms with E-state index in [0.717, 1.165) is 0 Å². The van der Waals surface area contributed by atoms with E-state index in [1.807, 2.05) is 0 Å². The van der Waals surface area contributed by atoms with Gasteiger partial charge in [0.1, 0.15) is 0 Å². The maximum absolute atomic E-state index is 5.82. The Hall–Kier alpha value is 0.177. The van der Waals surface area contributed by atoms with Gasteiger partial charge >= 0.3 is 0 Å². The van der Waals surface area contributed by atoms with E-state index in [2.05, 4.69) is 6.92 Å². The van der Waals surface area contributed by atoms with Crippen molar-refractivity contribution >= 4 is 10.2 Å². The molecule has 1 nitrogen and oxygen atoms in total. The molecule has 10 heavy (non-hydrogen) atoms. The summed E-state index contributed by atoms with van der Waals surface area (Å²) in [6, 6.07) is 0. The van der Waals surface area contributed by atoms with E-state index in [1.54, 1.807) is 0 Å². The Morgan fingerprint density at radius 3 is 2.60 bits per heavy atom. The Bertz CT molecular complexity index is 89.3.